The molecule has 0 aromatic heterocycles. The van der Waals surface area contributed by atoms with E-state index in [1.54, 1.807) is 42.5 Å². The Morgan fingerprint density at radius 2 is 1.63 bits per heavy atom. The molecule has 0 saturated carbocycles. The minimum Gasteiger partial charge on any atom is -0.497 e. The van der Waals surface area contributed by atoms with Gasteiger partial charge in [-0.25, -0.2) is 0 Å². The van der Waals surface area contributed by atoms with Crippen molar-refractivity contribution in [3.8, 4) is 17.2 Å². The molecule has 0 heterocycles. The summed E-state index contributed by atoms with van der Waals surface area (Å²) in [6.07, 6.45) is -0.0833. The van der Waals surface area contributed by atoms with Crippen molar-refractivity contribution in [2.75, 3.05) is 39.8 Å². The fraction of sp³-hybridized carbons (Fsp3) is 0.286. The second kappa shape index (κ2) is 11.3. The summed E-state index contributed by atoms with van der Waals surface area (Å²) < 4.78 is 20.3. The third-order valence-corrected chi connectivity index (χ3v) is 4.01. The molecule has 2 rings (SSSR count). The lowest BCUT2D eigenvalue weighted by molar-refractivity contribution is -0.147. The molecule has 0 aliphatic rings. The number of nitrogens with one attached hydrogen (secondary N) is 2. The lowest BCUT2D eigenvalue weighted by atomic mass is 10.2. The third-order valence-electron chi connectivity index (χ3n) is 4.01. The van der Waals surface area contributed by atoms with Gasteiger partial charge in [0.05, 0.1) is 39.0 Å². The highest BCUT2D eigenvalue weighted by Gasteiger charge is 2.14. The van der Waals surface area contributed by atoms with Crippen molar-refractivity contribution in [2.45, 2.75) is 6.42 Å². The van der Waals surface area contributed by atoms with E-state index in [2.05, 4.69) is 10.6 Å². The maximum absolute atomic E-state index is 12.2. The summed E-state index contributed by atoms with van der Waals surface area (Å²) in [6.45, 7) is -0.405. The number of ether oxygens (including phenoxy) is 4. The molecule has 2 aromatic rings. The van der Waals surface area contributed by atoms with Crippen LogP contribution in [0.15, 0.2) is 42.5 Å². The molecule has 9 nitrogen and oxygen atoms in total. The number of hydrogen-bond donors (Lipinski definition) is 2. The number of rotatable bonds is 10. The molecule has 0 atom stereocenters. The maximum Gasteiger partial charge on any atom is 0.308 e. The minimum atomic E-state index is -0.618. The first-order chi connectivity index (χ1) is 14.5. The van der Waals surface area contributed by atoms with E-state index in [-0.39, 0.29) is 18.9 Å². The molecular weight excluding hydrogens is 392 g/mol. The number of esters is 1. The Hall–Kier alpha value is -3.75. The Kier molecular flexibility index (Phi) is 8.49. The van der Waals surface area contributed by atoms with Crippen LogP contribution in [0.25, 0.3) is 0 Å². The third kappa shape index (κ3) is 6.40. The topological polar surface area (TPSA) is 112 Å². The van der Waals surface area contributed by atoms with Crippen LogP contribution in [0.1, 0.15) is 16.8 Å². The van der Waals surface area contributed by atoms with E-state index >= 15 is 0 Å². The Bertz CT molecular complexity index is 899. The molecule has 0 radical (unpaired) electrons. The summed E-state index contributed by atoms with van der Waals surface area (Å²) in [5.74, 6) is -0.0932. The van der Waals surface area contributed by atoms with Crippen molar-refractivity contribution in [1.29, 1.82) is 0 Å². The molecule has 0 saturated heterocycles. The molecule has 0 spiro atoms. The second-order valence-electron chi connectivity index (χ2n) is 5.98. The Labute approximate surface area is 174 Å². The fourth-order valence-electron chi connectivity index (χ4n) is 2.51. The summed E-state index contributed by atoms with van der Waals surface area (Å²) in [7, 11) is 4.45. The fourth-order valence-corrected chi connectivity index (χ4v) is 2.51. The molecule has 9 heteroatoms. The molecule has 0 unspecified atom stereocenters. The second-order valence-corrected chi connectivity index (χ2v) is 5.98. The number of benzene rings is 2. The van der Waals surface area contributed by atoms with Crippen molar-refractivity contribution >= 4 is 23.5 Å². The summed E-state index contributed by atoms with van der Waals surface area (Å²) in [6, 6.07) is 11.6. The number of anilines is 1. The van der Waals surface area contributed by atoms with Gasteiger partial charge in [-0.15, -0.1) is 0 Å². The lowest BCUT2D eigenvalue weighted by Crippen LogP contribution is -2.28. The lowest BCUT2D eigenvalue weighted by Gasteiger charge is -2.12. The van der Waals surface area contributed by atoms with E-state index in [1.807, 2.05) is 0 Å². The first kappa shape index (κ1) is 22.5. The van der Waals surface area contributed by atoms with Crippen molar-refractivity contribution < 1.29 is 33.3 Å². The number of carbonyl (C=O) groups excluding carboxylic acids is 3. The van der Waals surface area contributed by atoms with Crippen LogP contribution in [0.5, 0.6) is 17.2 Å². The quantitative estimate of drug-likeness (QED) is 0.570. The van der Waals surface area contributed by atoms with E-state index < -0.39 is 18.5 Å². The SMILES string of the molecule is COc1ccc(NC(=O)COC(=O)CCNC(=O)c2ccccc2OC)c(OC)c1. The van der Waals surface area contributed by atoms with Gasteiger partial charge in [-0.2, -0.15) is 0 Å². The van der Waals surface area contributed by atoms with Crippen LogP contribution in [0.4, 0.5) is 5.69 Å². The van der Waals surface area contributed by atoms with Crippen molar-refractivity contribution in [3.05, 3.63) is 48.0 Å². The summed E-state index contributed by atoms with van der Waals surface area (Å²) in [4.78, 5) is 36.0. The number of methoxy groups -OCH3 is 3. The summed E-state index contributed by atoms with van der Waals surface area (Å²) in [5.41, 5.74) is 0.782. The zero-order valence-electron chi connectivity index (χ0n) is 17.0. The van der Waals surface area contributed by atoms with Crippen LogP contribution in [0.2, 0.25) is 0 Å². The number of carbonyl (C=O) groups is 3. The van der Waals surface area contributed by atoms with Gasteiger partial charge >= 0.3 is 5.97 Å². The molecule has 2 amide bonds. The molecule has 0 aliphatic carbocycles. The van der Waals surface area contributed by atoms with Crippen molar-refractivity contribution in [3.63, 3.8) is 0 Å². The van der Waals surface area contributed by atoms with Gasteiger partial charge in [0.1, 0.15) is 17.2 Å². The molecule has 2 N–H and O–H groups in total. The van der Waals surface area contributed by atoms with Gasteiger partial charge in [-0.1, -0.05) is 12.1 Å². The normalized spacial score (nSPS) is 9.97. The molecule has 0 bridgehead atoms. The highest BCUT2D eigenvalue weighted by molar-refractivity contribution is 5.97. The van der Waals surface area contributed by atoms with Crippen LogP contribution < -0.4 is 24.8 Å². The maximum atomic E-state index is 12.2. The smallest absolute Gasteiger partial charge is 0.308 e. The average molecular weight is 416 g/mol. The first-order valence-electron chi connectivity index (χ1n) is 9.07. The van der Waals surface area contributed by atoms with E-state index in [9.17, 15) is 14.4 Å². The van der Waals surface area contributed by atoms with Gasteiger partial charge in [-0.05, 0) is 24.3 Å². The van der Waals surface area contributed by atoms with Gasteiger partial charge in [0.2, 0.25) is 0 Å². The molecular formula is C21H24N2O7. The molecule has 30 heavy (non-hydrogen) atoms. The van der Waals surface area contributed by atoms with E-state index in [4.69, 9.17) is 18.9 Å². The van der Waals surface area contributed by atoms with Crippen LogP contribution in [-0.2, 0) is 14.3 Å². The molecule has 0 fully saturated rings. The van der Waals surface area contributed by atoms with Crippen LogP contribution in [0, 0.1) is 0 Å². The highest BCUT2D eigenvalue weighted by Crippen LogP contribution is 2.28. The van der Waals surface area contributed by atoms with Crippen LogP contribution in [0.3, 0.4) is 0 Å². The van der Waals surface area contributed by atoms with Crippen LogP contribution >= 0.6 is 0 Å². The predicted molar refractivity (Wildman–Crippen MR) is 109 cm³/mol. The van der Waals surface area contributed by atoms with Gasteiger partial charge < -0.3 is 29.6 Å². The number of para-hydroxylation sites is 1. The zero-order chi connectivity index (χ0) is 21.9. The van der Waals surface area contributed by atoms with Gasteiger partial charge in [0.25, 0.3) is 11.8 Å². The van der Waals surface area contributed by atoms with Crippen molar-refractivity contribution in [1.82, 2.24) is 5.32 Å². The van der Waals surface area contributed by atoms with Gasteiger partial charge in [-0.3, -0.25) is 14.4 Å². The molecule has 160 valence electrons. The largest absolute Gasteiger partial charge is 0.497 e. The minimum absolute atomic E-state index is 0.0592. The zero-order valence-corrected chi connectivity index (χ0v) is 17.0. The van der Waals surface area contributed by atoms with Gasteiger partial charge in [0, 0.05) is 12.6 Å². The highest BCUT2D eigenvalue weighted by atomic mass is 16.5. The average Bonchev–Trinajstić information content (AvgIpc) is 2.77. The van der Waals surface area contributed by atoms with E-state index in [0.717, 1.165) is 0 Å². The van der Waals surface area contributed by atoms with E-state index in [0.29, 0.717) is 28.5 Å². The summed E-state index contributed by atoms with van der Waals surface area (Å²) >= 11 is 0. The number of hydrogen-bond acceptors (Lipinski definition) is 7. The predicted octanol–water partition coefficient (Wildman–Crippen LogP) is 2.01. The Morgan fingerprint density at radius 1 is 0.900 bits per heavy atom. The monoisotopic (exact) mass is 416 g/mol. The molecule has 2 aromatic carbocycles. The number of amides is 2. The van der Waals surface area contributed by atoms with Crippen LogP contribution in [-0.4, -0.2) is 52.3 Å². The first-order valence-corrected chi connectivity index (χ1v) is 9.07. The molecule has 0 aliphatic heterocycles. The van der Waals surface area contributed by atoms with E-state index in [1.165, 1.54) is 21.3 Å². The Balaban J connectivity index is 1.75. The van der Waals surface area contributed by atoms with Crippen molar-refractivity contribution in [2.24, 2.45) is 0 Å². The Morgan fingerprint density at radius 3 is 2.33 bits per heavy atom. The van der Waals surface area contributed by atoms with Gasteiger partial charge in [0.15, 0.2) is 6.61 Å². The summed E-state index contributed by atoms with van der Waals surface area (Å²) in [5, 5.41) is 5.21. The standard InChI is InChI=1S/C21H24N2O7/c1-27-14-8-9-16(18(12-14)29-3)23-19(24)13-30-20(25)10-11-22-21(26)15-6-4-5-7-17(15)28-2/h4-9,12H,10-11,13H2,1-3H3,(H,22,26)(H,23,24).